The molecule has 16 heavy (non-hydrogen) atoms. The normalized spacial score (nSPS) is 11.1. The molecule has 3 heterocycles. The van der Waals surface area contributed by atoms with Gasteiger partial charge in [-0.15, -0.1) is 5.10 Å². The van der Waals surface area contributed by atoms with Crippen molar-refractivity contribution >= 4 is 28.2 Å². The van der Waals surface area contributed by atoms with Gasteiger partial charge in [0.1, 0.15) is 9.35 Å². The zero-order valence-corrected chi connectivity index (χ0v) is 10.0. The van der Waals surface area contributed by atoms with Crippen LogP contribution in [0.2, 0.25) is 0 Å². The molecule has 80 valence electrons. The molecule has 3 aromatic heterocycles. The van der Waals surface area contributed by atoms with Crippen LogP contribution >= 0.6 is 22.6 Å². The van der Waals surface area contributed by atoms with Crippen LogP contribution in [0.1, 0.15) is 0 Å². The summed E-state index contributed by atoms with van der Waals surface area (Å²) in [7, 11) is 0. The summed E-state index contributed by atoms with van der Waals surface area (Å²) in [6.07, 6.45) is 3.62. The van der Waals surface area contributed by atoms with Crippen LogP contribution in [0, 0.1) is 3.70 Å². The molecule has 0 amide bonds. The molecule has 7 heteroatoms. The van der Waals surface area contributed by atoms with Gasteiger partial charge in [0.25, 0.3) is 0 Å². The number of fused-ring (bicyclic) bond motifs is 1. The highest BCUT2D eigenvalue weighted by Gasteiger charge is 2.07. The maximum absolute atomic E-state index is 10.8. The van der Waals surface area contributed by atoms with E-state index in [1.165, 1.54) is 0 Å². The standard InChI is InChI=1S/C9H5IN4O2/c10-6-4-11-7-3-5(1-2-14(6)7)8-12-13-9(15)16-8/h1-4H,(H,13,15). The van der Waals surface area contributed by atoms with E-state index < -0.39 is 5.76 Å². The first-order valence-electron chi connectivity index (χ1n) is 4.42. The summed E-state index contributed by atoms with van der Waals surface area (Å²) in [5, 5.41) is 5.98. The number of aromatic nitrogens is 4. The molecule has 0 saturated heterocycles. The smallest absolute Gasteiger partial charge is 0.388 e. The van der Waals surface area contributed by atoms with E-state index in [4.69, 9.17) is 4.42 Å². The van der Waals surface area contributed by atoms with Gasteiger partial charge in [0.15, 0.2) is 0 Å². The zero-order valence-electron chi connectivity index (χ0n) is 7.85. The van der Waals surface area contributed by atoms with Gasteiger partial charge in [-0.3, -0.25) is 4.40 Å². The van der Waals surface area contributed by atoms with Gasteiger partial charge in [-0.1, -0.05) is 0 Å². The van der Waals surface area contributed by atoms with Crippen molar-refractivity contribution in [2.75, 3.05) is 0 Å². The van der Waals surface area contributed by atoms with E-state index in [0.717, 1.165) is 9.35 Å². The van der Waals surface area contributed by atoms with Gasteiger partial charge < -0.3 is 4.42 Å². The fraction of sp³-hybridized carbons (Fsp3) is 0. The second-order valence-corrected chi connectivity index (χ2v) is 4.25. The van der Waals surface area contributed by atoms with Crippen LogP contribution in [0.3, 0.4) is 0 Å². The van der Waals surface area contributed by atoms with Gasteiger partial charge in [0, 0.05) is 11.8 Å². The molecule has 0 atom stereocenters. The molecule has 0 spiro atoms. The first-order chi connectivity index (χ1) is 7.74. The molecule has 0 aliphatic carbocycles. The molecule has 0 fully saturated rings. The highest BCUT2D eigenvalue weighted by molar-refractivity contribution is 14.1. The topological polar surface area (TPSA) is 76.2 Å². The number of hydrogen-bond acceptors (Lipinski definition) is 4. The summed E-state index contributed by atoms with van der Waals surface area (Å²) in [5.41, 5.74) is 1.50. The number of hydrogen-bond donors (Lipinski definition) is 1. The van der Waals surface area contributed by atoms with Crippen LogP contribution < -0.4 is 5.76 Å². The van der Waals surface area contributed by atoms with Gasteiger partial charge >= 0.3 is 5.76 Å². The molecule has 0 aliphatic heterocycles. The second-order valence-electron chi connectivity index (χ2n) is 3.14. The molecule has 6 nitrogen and oxygen atoms in total. The van der Waals surface area contributed by atoms with Crippen LogP contribution in [0.15, 0.2) is 33.7 Å². The third kappa shape index (κ3) is 1.43. The van der Waals surface area contributed by atoms with E-state index in [1.807, 2.05) is 16.7 Å². The number of halogens is 1. The van der Waals surface area contributed by atoms with Crippen molar-refractivity contribution in [1.29, 1.82) is 0 Å². The summed E-state index contributed by atoms with van der Waals surface area (Å²) in [6, 6.07) is 3.62. The van der Waals surface area contributed by atoms with Gasteiger partial charge in [-0.25, -0.2) is 14.9 Å². The summed E-state index contributed by atoms with van der Waals surface area (Å²) >= 11 is 2.19. The predicted octanol–water partition coefficient (Wildman–Crippen LogP) is 1.28. The highest BCUT2D eigenvalue weighted by atomic mass is 127. The fourth-order valence-electron chi connectivity index (χ4n) is 1.44. The van der Waals surface area contributed by atoms with Crippen LogP contribution in [-0.4, -0.2) is 19.6 Å². The van der Waals surface area contributed by atoms with Crippen LogP contribution in [-0.2, 0) is 0 Å². The van der Waals surface area contributed by atoms with E-state index in [-0.39, 0.29) is 5.89 Å². The minimum atomic E-state index is -0.562. The minimum Gasteiger partial charge on any atom is -0.388 e. The van der Waals surface area contributed by atoms with E-state index in [2.05, 4.69) is 37.8 Å². The first kappa shape index (κ1) is 9.58. The van der Waals surface area contributed by atoms with Gasteiger partial charge in [-0.2, -0.15) is 0 Å². The molecule has 1 N–H and O–H groups in total. The van der Waals surface area contributed by atoms with Crippen molar-refractivity contribution in [2.24, 2.45) is 0 Å². The van der Waals surface area contributed by atoms with Crippen molar-refractivity contribution in [3.8, 4) is 11.5 Å². The lowest BCUT2D eigenvalue weighted by molar-refractivity contribution is 0.527. The van der Waals surface area contributed by atoms with Crippen LogP contribution in [0.5, 0.6) is 0 Å². The Bertz CT molecular complexity index is 711. The predicted molar refractivity (Wildman–Crippen MR) is 64.0 cm³/mol. The number of nitrogens with zero attached hydrogens (tertiary/aromatic N) is 3. The van der Waals surface area contributed by atoms with Crippen LogP contribution in [0.4, 0.5) is 0 Å². The molecule has 0 unspecified atom stereocenters. The Hall–Kier alpha value is -1.64. The summed E-state index contributed by atoms with van der Waals surface area (Å²) in [6.45, 7) is 0. The van der Waals surface area contributed by atoms with Crippen molar-refractivity contribution in [3.05, 3.63) is 38.8 Å². The Morgan fingerprint density at radius 2 is 2.38 bits per heavy atom. The van der Waals surface area contributed by atoms with Crippen molar-refractivity contribution in [2.45, 2.75) is 0 Å². The van der Waals surface area contributed by atoms with E-state index >= 15 is 0 Å². The highest BCUT2D eigenvalue weighted by Crippen LogP contribution is 2.18. The molecule has 0 bridgehead atoms. The van der Waals surface area contributed by atoms with E-state index in [1.54, 1.807) is 12.3 Å². The number of nitrogens with one attached hydrogen (secondary N) is 1. The quantitative estimate of drug-likeness (QED) is 0.683. The molecule has 0 radical (unpaired) electrons. The minimum absolute atomic E-state index is 0.269. The third-order valence-electron chi connectivity index (χ3n) is 2.15. The van der Waals surface area contributed by atoms with E-state index in [0.29, 0.717) is 5.56 Å². The number of rotatable bonds is 1. The Labute approximate surface area is 102 Å². The molecular formula is C9H5IN4O2. The Balaban J connectivity index is 2.22. The number of imidazole rings is 1. The average Bonchev–Trinajstić information content (AvgIpc) is 2.86. The van der Waals surface area contributed by atoms with E-state index in [9.17, 15) is 4.79 Å². The molecule has 0 saturated carbocycles. The zero-order chi connectivity index (χ0) is 11.1. The molecule has 3 aromatic rings. The van der Waals surface area contributed by atoms with Gasteiger partial charge in [0.2, 0.25) is 5.89 Å². The van der Waals surface area contributed by atoms with Gasteiger partial charge in [0.05, 0.1) is 6.20 Å². The maximum atomic E-state index is 10.8. The summed E-state index contributed by atoms with van der Waals surface area (Å²) in [5.74, 6) is -0.293. The average molecular weight is 328 g/mol. The number of pyridine rings is 1. The monoisotopic (exact) mass is 328 g/mol. The van der Waals surface area contributed by atoms with Crippen LogP contribution in [0.25, 0.3) is 17.1 Å². The van der Waals surface area contributed by atoms with Gasteiger partial charge in [-0.05, 0) is 34.7 Å². The molecular weight excluding hydrogens is 323 g/mol. The summed E-state index contributed by atoms with van der Waals surface area (Å²) < 4.78 is 7.81. The lowest BCUT2D eigenvalue weighted by Crippen LogP contribution is -1.93. The fourth-order valence-corrected chi connectivity index (χ4v) is 1.98. The lowest BCUT2D eigenvalue weighted by atomic mass is 10.2. The third-order valence-corrected chi connectivity index (χ3v) is 2.95. The number of aromatic amines is 1. The lowest BCUT2D eigenvalue weighted by Gasteiger charge is -1.97. The Morgan fingerprint density at radius 1 is 1.50 bits per heavy atom. The van der Waals surface area contributed by atoms with Crippen molar-refractivity contribution < 1.29 is 4.42 Å². The Kier molecular flexibility index (Phi) is 2.06. The van der Waals surface area contributed by atoms with Crippen molar-refractivity contribution in [3.63, 3.8) is 0 Å². The largest absolute Gasteiger partial charge is 0.434 e. The second kappa shape index (κ2) is 3.44. The molecule has 0 aliphatic rings. The molecule has 3 rings (SSSR count). The Morgan fingerprint density at radius 3 is 3.12 bits per heavy atom. The number of H-pyrrole nitrogens is 1. The van der Waals surface area contributed by atoms with Crippen molar-refractivity contribution in [1.82, 2.24) is 19.6 Å². The molecule has 0 aromatic carbocycles. The summed E-state index contributed by atoms with van der Waals surface area (Å²) in [4.78, 5) is 15.0. The first-order valence-corrected chi connectivity index (χ1v) is 5.50. The maximum Gasteiger partial charge on any atom is 0.434 e. The SMILES string of the molecule is O=c1[nH]nc(-c2ccn3c(I)cnc3c2)o1.